The SMILES string of the molecule is COc1ccc(NCc2ccc(C#N)cc2C)c(C)c1. The summed E-state index contributed by atoms with van der Waals surface area (Å²) >= 11 is 0. The first-order valence-electron chi connectivity index (χ1n) is 6.52. The maximum Gasteiger partial charge on any atom is 0.119 e. The Morgan fingerprint density at radius 1 is 1.10 bits per heavy atom. The van der Waals surface area contributed by atoms with Gasteiger partial charge in [-0.05, 0) is 60.9 Å². The van der Waals surface area contributed by atoms with Gasteiger partial charge in [0.2, 0.25) is 0 Å². The fourth-order valence-corrected chi connectivity index (χ4v) is 2.12. The lowest BCUT2D eigenvalue weighted by molar-refractivity contribution is 0.414. The molecule has 0 saturated heterocycles. The second-order valence-electron chi connectivity index (χ2n) is 4.79. The maximum absolute atomic E-state index is 8.87. The Balaban J connectivity index is 2.11. The molecule has 2 aromatic rings. The molecule has 102 valence electrons. The zero-order valence-electron chi connectivity index (χ0n) is 12.0. The molecule has 0 unspecified atom stereocenters. The van der Waals surface area contributed by atoms with Crippen molar-refractivity contribution in [2.45, 2.75) is 20.4 Å². The number of nitrogens with one attached hydrogen (secondary N) is 1. The van der Waals surface area contributed by atoms with Gasteiger partial charge in [-0.1, -0.05) is 6.07 Å². The maximum atomic E-state index is 8.87. The standard InChI is InChI=1S/C17H18N2O/c1-12-8-14(10-18)4-5-15(12)11-19-17-7-6-16(20-3)9-13(17)2/h4-9,19H,11H2,1-3H3. The Hall–Kier alpha value is -2.47. The predicted molar refractivity (Wildman–Crippen MR) is 81.0 cm³/mol. The number of rotatable bonds is 4. The molecule has 2 aromatic carbocycles. The normalized spacial score (nSPS) is 9.90. The van der Waals surface area contributed by atoms with Gasteiger partial charge in [-0.15, -0.1) is 0 Å². The number of hydrogen-bond donors (Lipinski definition) is 1. The molecular formula is C17H18N2O. The molecule has 0 spiro atoms. The Labute approximate surface area is 119 Å². The molecule has 0 heterocycles. The fraction of sp³-hybridized carbons (Fsp3) is 0.235. The van der Waals surface area contributed by atoms with Crippen LogP contribution >= 0.6 is 0 Å². The van der Waals surface area contributed by atoms with Crippen LogP contribution in [0.25, 0.3) is 0 Å². The topological polar surface area (TPSA) is 45.0 Å². The average molecular weight is 266 g/mol. The van der Waals surface area contributed by atoms with Gasteiger partial charge in [-0.25, -0.2) is 0 Å². The Morgan fingerprint density at radius 2 is 1.90 bits per heavy atom. The molecule has 3 nitrogen and oxygen atoms in total. The van der Waals surface area contributed by atoms with E-state index in [1.165, 1.54) is 5.56 Å². The first kappa shape index (κ1) is 14.0. The highest BCUT2D eigenvalue weighted by molar-refractivity contribution is 5.54. The molecule has 0 aliphatic rings. The summed E-state index contributed by atoms with van der Waals surface area (Å²) in [5.41, 5.74) is 5.26. The van der Waals surface area contributed by atoms with Crippen molar-refractivity contribution in [1.82, 2.24) is 0 Å². The lowest BCUT2D eigenvalue weighted by Gasteiger charge is -2.12. The number of aryl methyl sites for hydroxylation is 2. The molecule has 0 atom stereocenters. The monoisotopic (exact) mass is 266 g/mol. The van der Waals surface area contributed by atoms with Crippen molar-refractivity contribution in [3.8, 4) is 11.8 Å². The summed E-state index contributed by atoms with van der Waals surface area (Å²) in [6, 6.07) is 13.9. The largest absolute Gasteiger partial charge is 0.497 e. The van der Waals surface area contributed by atoms with Crippen molar-refractivity contribution in [1.29, 1.82) is 5.26 Å². The molecule has 2 rings (SSSR count). The minimum atomic E-state index is 0.701. The third-order valence-electron chi connectivity index (χ3n) is 3.37. The fourth-order valence-electron chi connectivity index (χ4n) is 2.12. The molecule has 3 heteroatoms. The molecule has 0 aromatic heterocycles. The van der Waals surface area contributed by atoms with Gasteiger partial charge in [0.25, 0.3) is 0 Å². The van der Waals surface area contributed by atoms with Gasteiger partial charge in [0, 0.05) is 12.2 Å². The molecule has 0 amide bonds. The van der Waals surface area contributed by atoms with Crippen molar-refractivity contribution >= 4 is 5.69 Å². The summed E-state index contributed by atoms with van der Waals surface area (Å²) in [6.45, 7) is 4.82. The van der Waals surface area contributed by atoms with E-state index < -0.39 is 0 Å². The van der Waals surface area contributed by atoms with Crippen LogP contribution in [0.1, 0.15) is 22.3 Å². The van der Waals surface area contributed by atoms with Crippen LogP contribution in [0, 0.1) is 25.2 Å². The number of ether oxygens (including phenoxy) is 1. The Bertz CT molecular complexity index is 657. The van der Waals surface area contributed by atoms with Crippen molar-refractivity contribution in [3.05, 3.63) is 58.7 Å². The van der Waals surface area contributed by atoms with Crippen LogP contribution in [-0.4, -0.2) is 7.11 Å². The predicted octanol–water partition coefficient (Wildman–Crippen LogP) is 3.80. The first-order chi connectivity index (χ1) is 9.63. The van der Waals surface area contributed by atoms with Gasteiger partial charge >= 0.3 is 0 Å². The van der Waals surface area contributed by atoms with E-state index in [0.29, 0.717) is 5.56 Å². The summed E-state index contributed by atoms with van der Waals surface area (Å²) in [7, 11) is 1.67. The number of methoxy groups -OCH3 is 1. The average Bonchev–Trinajstić information content (AvgIpc) is 2.46. The van der Waals surface area contributed by atoms with Crippen molar-refractivity contribution < 1.29 is 4.74 Å². The molecular weight excluding hydrogens is 248 g/mol. The summed E-state index contributed by atoms with van der Waals surface area (Å²) < 4.78 is 5.20. The highest BCUT2D eigenvalue weighted by Crippen LogP contribution is 2.22. The summed E-state index contributed by atoms with van der Waals surface area (Å²) in [5, 5.41) is 12.3. The quantitative estimate of drug-likeness (QED) is 0.915. The molecule has 0 saturated carbocycles. The van der Waals surface area contributed by atoms with Crippen LogP contribution in [0.5, 0.6) is 5.75 Å². The Kier molecular flexibility index (Phi) is 4.27. The molecule has 0 radical (unpaired) electrons. The number of anilines is 1. The summed E-state index contributed by atoms with van der Waals surface area (Å²) in [6.07, 6.45) is 0. The van der Waals surface area contributed by atoms with Crippen LogP contribution in [0.15, 0.2) is 36.4 Å². The number of hydrogen-bond acceptors (Lipinski definition) is 3. The third kappa shape index (κ3) is 3.10. The lowest BCUT2D eigenvalue weighted by atomic mass is 10.1. The summed E-state index contributed by atoms with van der Waals surface area (Å²) in [4.78, 5) is 0. The second-order valence-corrected chi connectivity index (χ2v) is 4.79. The van der Waals surface area contributed by atoms with Crippen LogP contribution in [-0.2, 0) is 6.54 Å². The van der Waals surface area contributed by atoms with E-state index in [-0.39, 0.29) is 0 Å². The highest BCUT2D eigenvalue weighted by Gasteiger charge is 2.03. The summed E-state index contributed by atoms with van der Waals surface area (Å²) in [5.74, 6) is 0.864. The van der Waals surface area contributed by atoms with Crippen molar-refractivity contribution in [2.24, 2.45) is 0 Å². The van der Waals surface area contributed by atoms with E-state index in [4.69, 9.17) is 10.00 Å². The minimum Gasteiger partial charge on any atom is -0.497 e. The van der Waals surface area contributed by atoms with E-state index in [0.717, 1.165) is 29.1 Å². The highest BCUT2D eigenvalue weighted by atomic mass is 16.5. The Morgan fingerprint density at radius 3 is 2.50 bits per heavy atom. The molecule has 0 fully saturated rings. The second kappa shape index (κ2) is 6.12. The van der Waals surface area contributed by atoms with Gasteiger partial charge in [0.15, 0.2) is 0 Å². The van der Waals surface area contributed by atoms with E-state index in [1.807, 2.05) is 43.3 Å². The van der Waals surface area contributed by atoms with Gasteiger partial charge < -0.3 is 10.1 Å². The van der Waals surface area contributed by atoms with Gasteiger partial charge in [-0.2, -0.15) is 5.26 Å². The number of nitrogens with zero attached hydrogens (tertiary/aromatic N) is 1. The van der Waals surface area contributed by atoms with Crippen LogP contribution in [0.2, 0.25) is 0 Å². The zero-order chi connectivity index (χ0) is 14.5. The first-order valence-corrected chi connectivity index (χ1v) is 6.52. The molecule has 20 heavy (non-hydrogen) atoms. The minimum absolute atomic E-state index is 0.701. The lowest BCUT2D eigenvalue weighted by Crippen LogP contribution is -2.03. The van der Waals surface area contributed by atoms with E-state index >= 15 is 0 Å². The van der Waals surface area contributed by atoms with E-state index in [9.17, 15) is 0 Å². The van der Waals surface area contributed by atoms with Gasteiger partial charge in [-0.3, -0.25) is 0 Å². The van der Waals surface area contributed by atoms with Crippen molar-refractivity contribution in [3.63, 3.8) is 0 Å². The molecule has 0 aliphatic carbocycles. The van der Waals surface area contributed by atoms with Crippen LogP contribution in [0.3, 0.4) is 0 Å². The van der Waals surface area contributed by atoms with Crippen molar-refractivity contribution in [2.75, 3.05) is 12.4 Å². The molecule has 0 aliphatic heterocycles. The number of benzene rings is 2. The zero-order valence-corrected chi connectivity index (χ0v) is 12.0. The van der Waals surface area contributed by atoms with Gasteiger partial charge in [0.05, 0.1) is 18.7 Å². The van der Waals surface area contributed by atoms with E-state index in [2.05, 4.69) is 18.3 Å². The molecule has 1 N–H and O–H groups in total. The third-order valence-corrected chi connectivity index (χ3v) is 3.37. The van der Waals surface area contributed by atoms with Crippen LogP contribution < -0.4 is 10.1 Å². The van der Waals surface area contributed by atoms with Crippen LogP contribution in [0.4, 0.5) is 5.69 Å². The smallest absolute Gasteiger partial charge is 0.119 e. The van der Waals surface area contributed by atoms with Gasteiger partial charge in [0.1, 0.15) is 5.75 Å². The van der Waals surface area contributed by atoms with E-state index in [1.54, 1.807) is 7.11 Å². The number of nitriles is 1. The molecule has 0 bridgehead atoms.